The van der Waals surface area contributed by atoms with Crippen LogP contribution < -0.4 is 11.1 Å². The molecule has 0 aliphatic heterocycles. The molecule has 0 fully saturated rings. The number of carbonyl (C=O) groups excluding carboxylic acids is 1. The molecule has 0 atom stereocenters. The van der Waals surface area contributed by atoms with E-state index >= 15 is 0 Å². The Kier molecular flexibility index (Phi) is 8.46. The normalized spacial score (nSPS) is 9.53. The SMILES string of the molecule is Cc1ccc(CCC(=O)NCCCN)cc1.Cl. The number of benzene rings is 1. The van der Waals surface area contributed by atoms with Crippen molar-refractivity contribution >= 4 is 18.3 Å². The summed E-state index contributed by atoms with van der Waals surface area (Å²) in [5, 5.41) is 2.85. The Labute approximate surface area is 109 Å². The minimum atomic E-state index is 0. The van der Waals surface area contributed by atoms with Crippen molar-refractivity contribution < 1.29 is 4.79 Å². The van der Waals surface area contributed by atoms with Crippen LogP contribution in [0.4, 0.5) is 0 Å². The number of hydrogen-bond acceptors (Lipinski definition) is 2. The third-order valence-electron chi connectivity index (χ3n) is 2.46. The summed E-state index contributed by atoms with van der Waals surface area (Å²) in [5.74, 6) is 0.106. The summed E-state index contributed by atoms with van der Waals surface area (Å²) in [6.07, 6.45) is 2.19. The van der Waals surface area contributed by atoms with Gasteiger partial charge in [0.05, 0.1) is 0 Å². The van der Waals surface area contributed by atoms with Gasteiger partial charge >= 0.3 is 0 Å². The van der Waals surface area contributed by atoms with Crippen molar-refractivity contribution in [2.24, 2.45) is 5.73 Å². The van der Waals surface area contributed by atoms with Gasteiger partial charge in [-0.15, -0.1) is 12.4 Å². The molecule has 17 heavy (non-hydrogen) atoms. The Morgan fingerprint density at radius 1 is 1.29 bits per heavy atom. The first-order valence-corrected chi connectivity index (χ1v) is 5.74. The average Bonchev–Trinajstić information content (AvgIpc) is 2.29. The maximum absolute atomic E-state index is 11.4. The van der Waals surface area contributed by atoms with Gasteiger partial charge in [0.15, 0.2) is 0 Å². The maximum Gasteiger partial charge on any atom is 0.220 e. The predicted molar refractivity (Wildman–Crippen MR) is 73.4 cm³/mol. The molecule has 3 nitrogen and oxygen atoms in total. The van der Waals surface area contributed by atoms with Crippen molar-refractivity contribution in [1.29, 1.82) is 0 Å². The van der Waals surface area contributed by atoms with Crippen LogP contribution in [0.1, 0.15) is 24.0 Å². The molecule has 4 heteroatoms. The highest BCUT2D eigenvalue weighted by molar-refractivity contribution is 5.85. The fraction of sp³-hybridized carbons (Fsp3) is 0.462. The molecule has 0 saturated heterocycles. The van der Waals surface area contributed by atoms with Crippen molar-refractivity contribution in [2.75, 3.05) is 13.1 Å². The molecule has 0 radical (unpaired) electrons. The second-order valence-corrected chi connectivity index (χ2v) is 3.98. The zero-order valence-electron chi connectivity index (χ0n) is 10.2. The van der Waals surface area contributed by atoms with Gasteiger partial charge in [-0.2, -0.15) is 0 Å². The van der Waals surface area contributed by atoms with Crippen LogP contribution in [0, 0.1) is 6.92 Å². The van der Waals surface area contributed by atoms with Crippen LogP contribution in [-0.4, -0.2) is 19.0 Å². The molecule has 1 aromatic rings. The first-order valence-electron chi connectivity index (χ1n) is 5.74. The van der Waals surface area contributed by atoms with Gasteiger partial charge in [-0.05, 0) is 31.9 Å². The molecule has 0 aliphatic rings. The summed E-state index contributed by atoms with van der Waals surface area (Å²) in [5.41, 5.74) is 7.80. The third kappa shape index (κ3) is 6.97. The second kappa shape index (κ2) is 9.02. The van der Waals surface area contributed by atoms with E-state index in [4.69, 9.17) is 5.73 Å². The van der Waals surface area contributed by atoms with E-state index in [1.165, 1.54) is 11.1 Å². The van der Waals surface area contributed by atoms with Gasteiger partial charge in [-0.1, -0.05) is 29.8 Å². The van der Waals surface area contributed by atoms with E-state index in [9.17, 15) is 4.79 Å². The summed E-state index contributed by atoms with van der Waals surface area (Å²) in [6, 6.07) is 8.29. The molecule has 0 aliphatic carbocycles. The highest BCUT2D eigenvalue weighted by Crippen LogP contribution is 2.05. The van der Waals surface area contributed by atoms with E-state index in [1.807, 2.05) is 0 Å². The van der Waals surface area contributed by atoms with Gasteiger partial charge in [-0.25, -0.2) is 0 Å². The molecule has 96 valence electrons. The van der Waals surface area contributed by atoms with Crippen LogP contribution in [0.25, 0.3) is 0 Å². The number of nitrogens with two attached hydrogens (primary N) is 1. The lowest BCUT2D eigenvalue weighted by Gasteiger charge is -2.04. The monoisotopic (exact) mass is 256 g/mol. The Morgan fingerprint density at radius 2 is 1.94 bits per heavy atom. The van der Waals surface area contributed by atoms with Gasteiger partial charge in [0.2, 0.25) is 5.91 Å². The van der Waals surface area contributed by atoms with Crippen LogP contribution >= 0.6 is 12.4 Å². The molecular weight excluding hydrogens is 236 g/mol. The van der Waals surface area contributed by atoms with Crippen molar-refractivity contribution in [1.82, 2.24) is 5.32 Å². The lowest BCUT2D eigenvalue weighted by Crippen LogP contribution is -2.26. The molecule has 0 bridgehead atoms. The number of halogens is 1. The average molecular weight is 257 g/mol. The summed E-state index contributed by atoms with van der Waals surface area (Å²) in [4.78, 5) is 11.4. The summed E-state index contributed by atoms with van der Waals surface area (Å²) in [6.45, 7) is 3.37. The van der Waals surface area contributed by atoms with Crippen LogP contribution in [0.2, 0.25) is 0 Å². The van der Waals surface area contributed by atoms with Crippen molar-refractivity contribution in [2.45, 2.75) is 26.2 Å². The molecule has 0 heterocycles. The molecule has 0 unspecified atom stereocenters. The van der Waals surface area contributed by atoms with Crippen LogP contribution in [0.3, 0.4) is 0 Å². The van der Waals surface area contributed by atoms with Crippen molar-refractivity contribution in [3.05, 3.63) is 35.4 Å². The van der Waals surface area contributed by atoms with E-state index in [0.29, 0.717) is 19.5 Å². The zero-order chi connectivity index (χ0) is 11.8. The number of carbonyl (C=O) groups is 1. The highest BCUT2D eigenvalue weighted by atomic mass is 35.5. The molecule has 0 saturated carbocycles. The van der Waals surface area contributed by atoms with E-state index < -0.39 is 0 Å². The molecule has 1 rings (SSSR count). The number of hydrogen-bond donors (Lipinski definition) is 2. The first kappa shape index (κ1) is 15.9. The fourth-order valence-electron chi connectivity index (χ4n) is 1.43. The molecule has 1 amide bonds. The smallest absolute Gasteiger partial charge is 0.220 e. The minimum absolute atomic E-state index is 0. The van der Waals surface area contributed by atoms with Crippen LogP contribution in [-0.2, 0) is 11.2 Å². The summed E-state index contributed by atoms with van der Waals surface area (Å²) in [7, 11) is 0. The standard InChI is InChI=1S/C13H20N2O.ClH/c1-11-3-5-12(6-4-11)7-8-13(16)15-10-2-9-14;/h3-6H,2,7-10,14H2,1H3,(H,15,16);1H. The first-order chi connectivity index (χ1) is 7.72. The molecular formula is C13H21ClN2O. The maximum atomic E-state index is 11.4. The molecule has 3 N–H and O–H groups in total. The quantitative estimate of drug-likeness (QED) is 0.763. The molecule has 1 aromatic carbocycles. The Balaban J connectivity index is 0.00000256. The number of nitrogens with one attached hydrogen (secondary N) is 1. The Hall–Kier alpha value is -1.06. The van der Waals surface area contributed by atoms with Gasteiger partial charge in [0.1, 0.15) is 0 Å². The fourth-order valence-corrected chi connectivity index (χ4v) is 1.43. The number of rotatable bonds is 6. The topological polar surface area (TPSA) is 55.1 Å². The number of amides is 1. The zero-order valence-corrected chi connectivity index (χ0v) is 11.1. The molecule has 0 aromatic heterocycles. The van der Waals surface area contributed by atoms with Gasteiger partial charge in [-0.3, -0.25) is 4.79 Å². The van der Waals surface area contributed by atoms with E-state index in [0.717, 1.165) is 12.8 Å². The van der Waals surface area contributed by atoms with Crippen LogP contribution in [0.5, 0.6) is 0 Å². The summed E-state index contributed by atoms with van der Waals surface area (Å²) >= 11 is 0. The predicted octanol–water partition coefficient (Wildman–Crippen LogP) is 1.81. The van der Waals surface area contributed by atoms with Gasteiger partial charge in [0.25, 0.3) is 0 Å². The van der Waals surface area contributed by atoms with E-state index in [-0.39, 0.29) is 18.3 Å². The van der Waals surface area contributed by atoms with Gasteiger partial charge < -0.3 is 11.1 Å². The van der Waals surface area contributed by atoms with Crippen LogP contribution in [0.15, 0.2) is 24.3 Å². The second-order valence-electron chi connectivity index (χ2n) is 3.98. The van der Waals surface area contributed by atoms with Crippen molar-refractivity contribution in [3.63, 3.8) is 0 Å². The van der Waals surface area contributed by atoms with Crippen molar-refractivity contribution in [3.8, 4) is 0 Å². The Morgan fingerprint density at radius 3 is 2.53 bits per heavy atom. The third-order valence-corrected chi connectivity index (χ3v) is 2.46. The lowest BCUT2D eigenvalue weighted by atomic mass is 10.1. The lowest BCUT2D eigenvalue weighted by molar-refractivity contribution is -0.121. The van der Waals surface area contributed by atoms with Gasteiger partial charge in [0, 0.05) is 13.0 Å². The minimum Gasteiger partial charge on any atom is -0.356 e. The van der Waals surface area contributed by atoms with E-state index in [1.54, 1.807) is 0 Å². The Bertz CT molecular complexity index is 325. The number of aryl methyl sites for hydroxylation is 2. The molecule has 0 spiro atoms. The largest absolute Gasteiger partial charge is 0.356 e. The summed E-state index contributed by atoms with van der Waals surface area (Å²) < 4.78 is 0. The highest BCUT2D eigenvalue weighted by Gasteiger charge is 2.00. The van der Waals surface area contributed by atoms with E-state index in [2.05, 4.69) is 36.5 Å².